The lowest BCUT2D eigenvalue weighted by Gasteiger charge is -2.30. The third-order valence-corrected chi connectivity index (χ3v) is 4.89. The van der Waals surface area contributed by atoms with Crippen LogP contribution in [0.4, 0.5) is 0 Å². The minimum Gasteiger partial charge on any atom is -0.396 e. The molecule has 1 aliphatic carbocycles. The largest absolute Gasteiger partial charge is 0.396 e. The lowest BCUT2D eigenvalue weighted by molar-refractivity contribution is -0.121. The Kier molecular flexibility index (Phi) is 5.28. The van der Waals surface area contributed by atoms with Gasteiger partial charge in [0.15, 0.2) is 0 Å². The first-order chi connectivity index (χ1) is 11.3. The van der Waals surface area contributed by atoms with E-state index in [9.17, 15) is 9.90 Å². The molecular formula is C18H25N3O2. The second kappa shape index (κ2) is 7.59. The van der Waals surface area contributed by atoms with Gasteiger partial charge in [0.1, 0.15) is 5.65 Å². The predicted molar refractivity (Wildman–Crippen MR) is 90.0 cm³/mol. The molecule has 0 aromatic carbocycles. The number of carbonyl (C=O) groups is 1. The average molecular weight is 315 g/mol. The number of hydrogen-bond acceptors (Lipinski definition) is 3. The molecular weight excluding hydrogens is 290 g/mol. The van der Waals surface area contributed by atoms with Gasteiger partial charge in [-0.15, -0.1) is 0 Å². The first-order valence-electron chi connectivity index (χ1n) is 8.59. The van der Waals surface area contributed by atoms with E-state index < -0.39 is 0 Å². The summed E-state index contributed by atoms with van der Waals surface area (Å²) >= 11 is 0. The van der Waals surface area contributed by atoms with Crippen LogP contribution in [-0.4, -0.2) is 33.6 Å². The standard InChI is InChI=1S/C18H25N3O2/c22-10-8-16(13-5-2-1-3-6-13)21-17(23)11-14-12-20-18-15(14)7-4-9-19-18/h4,7,9,12-13,16,22H,1-3,5-6,8,10-11H2,(H,19,20)(H,21,23). The highest BCUT2D eigenvalue weighted by Crippen LogP contribution is 2.28. The molecule has 0 aliphatic heterocycles. The van der Waals surface area contributed by atoms with Gasteiger partial charge in [0.25, 0.3) is 0 Å². The molecule has 3 N–H and O–H groups in total. The Bertz CT molecular complexity index is 647. The van der Waals surface area contributed by atoms with Gasteiger partial charge in [-0.05, 0) is 42.9 Å². The van der Waals surface area contributed by atoms with Gasteiger partial charge in [0, 0.05) is 30.4 Å². The van der Waals surface area contributed by atoms with Crippen LogP contribution >= 0.6 is 0 Å². The van der Waals surface area contributed by atoms with E-state index in [2.05, 4.69) is 15.3 Å². The Hall–Kier alpha value is -1.88. The Morgan fingerprint density at radius 1 is 1.39 bits per heavy atom. The zero-order valence-corrected chi connectivity index (χ0v) is 13.4. The number of hydrogen-bond donors (Lipinski definition) is 3. The highest BCUT2D eigenvalue weighted by molar-refractivity contribution is 5.87. The second-order valence-corrected chi connectivity index (χ2v) is 6.47. The van der Waals surface area contributed by atoms with Crippen LogP contribution in [0.15, 0.2) is 24.5 Å². The van der Waals surface area contributed by atoms with E-state index in [0.717, 1.165) is 29.4 Å². The molecule has 0 bridgehead atoms. The molecule has 1 amide bonds. The summed E-state index contributed by atoms with van der Waals surface area (Å²) in [6, 6.07) is 3.96. The van der Waals surface area contributed by atoms with Gasteiger partial charge in [-0.3, -0.25) is 4.79 Å². The topological polar surface area (TPSA) is 78.0 Å². The Labute approximate surface area is 136 Å². The first-order valence-corrected chi connectivity index (χ1v) is 8.59. The third kappa shape index (κ3) is 3.91. The van der Waals surface area contributed by atoms with Crippen LogP contribution in [0.3, 0.4) is 0 Å². The second-order valence-electron chi connectivity index (χ2n) is 6.47. The van der Waals surface area contributed by atoms with Crippen molar-refractivity contribution in [2.75, 3.05) is 6.61 Å². The zero-order chi connectivity index (χ0) is 16.1. The van der Waals surface area contributed by atoms with Crippen molar-refractivity contribution in [3.63, 3.8) is 0 Å². The summed E-state index contributed by atoms with van der Waals surface area (Å²) in [7, 11) is 0. The molecule has 3 rings (SSSR count). The molecule has 2 heterocycles. The molecule has 5 heteroatoms. The number of aliphatic hydroxyl groups is 1. The molecule has 2 aromatic rings. The molecule has 0 radical (unpaired) electrons. The Balaban J connectivity index is 1.64. The van der Waals surface area contributed by atoms with Gasteiger partial charge in [-0.2, -0.15) is 0 Å². The van der Waals surface area contributed by atoms with Crippen molar-refractivity contribution in [2.24, 2.45) is 5.92 Å². The van der Waals surface area contributed by atoms with Gasteiger partial charge in [-0.1, -0.05) is 19.3 Å². The molecule has 2 aromatic heterocycles. The van der Waals surface area contributed by atoms with Gasteiger partial charge in [-0.25, -0.2) is 4.98 Å². The highest BCUT2D eigenvalue weighted by atomic mass is 16.3. The highest BCUT2D eigenvalue weighted by Gasteiger charge is 2.24. The number of rotatable bonds is 6. The summed E-state index contributed by atoms with van der Waals surface area (Å²) in [6.07, 6.45) is 10.7. The number of aliphatic hydroxyl groups excluding tert-OH is 1. The number of nitrogens with one attached hydrogen (secondary N) is 2. The molecule has 1 fully saturated rings. The quantitative estimate of drug-likeness (QED) is 0.766. The van der Waals surface area contributed by atoms with Crippen molar-refractivity contribution >= 4 is 16.9 Å². The molecule has 0 spiro atoms. The van der Waals surface area contributed by atoms with E-state index in [1.165, 1.54) is 19.3 Å². The maximum Gasteiger partial charge on any atom is 0.224 e. The molecule has 1 atom stereocenters. The third-order valence-electron chi connectivity index (χ3n) is 4.89. The van der Waals surface area contributed by atoms with Crippen LogP contribution < -0.4 is 5.32 Å². The summed E-state index contributed by atoms with van der Waals surface area (Å²) in [4.78, 5) is 19.8. The van der Waals surface area contributed by atoms with Crippen molar-refractivity contribution in [2.45, 2.75) is 51.0 Å². The lowest BCUT2D eigenvalue weighted by atomic mass is 9.82. The minimum absolute atomic E-state index is 0.0266. The number of aromatic amines is 1. The molecule has 23 heavy (non-hydrogen) atoms. The number of pyridine rings is 1. The van der Waals surface area contributed by atoms with Gasteiger partial charge in [0.05, 0.1) is 6.42 Å². The number of carbonyl (C=O) groups excluding carboxylic acids is 1. The fraction of sp³-hybridized carbons (Fsp3) is 0.556. The van der Waals surface area contributed by atoms with E-state index in [4.69, 9.17) is 0 Å². The number of nitrogens with zero attached hydrogens (tertiary/aromatic N) is 1. The molecule has 1 saturated carbocycles. The van der Waals surface area contributed by atoms with Crippen molar-refractivity contribution in [1.82, 2.24) is 15.3 Å². The van der Waals surface area contributed by atoms with Crippen molar-refractivity contribution < 1.29 is 9.90 Å². The SMILES string of the molecule is O=C(Cc1c[nH]c2ncccc12)NC(CCO)C1CCCCC1. The number of fused-ring (bicyclic) bond motifs is 1. The van der Waals surface area contributed by atoms with Gasteiger partial charge >= 0.3 is 0 Å². The first kappa shape index (κ1) is 16.0. The van der Waals surface area contributed by atoms with Crippen molar-refractivity contribution in [3.05, 3.63) is 30.1 Å². The van der Waals surface area contributed by atoms with Crippen LogP contribution in [0.25, 0.3) is 11.0 Å². The molecule has 5 nitrogen and oxygen atoms in total. The van der Waals surface area contributed by atoms with E-state index >= 15 is 0 Å². The van der Waals surface area contributed by atoms with Crippen LogP contribution in [0.2, 0.25) is 0 Å². The minimum atomic E-state index is 0.0266. The van der Waals surface area contributed by atoms with Gasteiger partial charge < -0.3 is 15.4 Å². The fourth-order valence-corrected chi connectivity index (χ4v) is 3.69. The number of H-pyrrole nitrogens is 1. The van der Waals surface area contributed by atoms with Crippen LogP contribution in [-0.2, 0) is 11.2 Å². The molecule has 1 aliphatic rings. The van der Waals surface area contributed by atoms with Crippen molar-refractivity contribution in [3.8, 4) is 0 Å². The van der Waals surface area contributed by atoms with E-state index in [1.54, 1.807) is 6.20 Å². The molecule has 0 saturated heterocycles. The van der Waals surface area contributed by atoms with Crippen LogP contribution in [0, 0.1) is 5.92 Å². The monoisotopic (exact) mass is 315 g/mol. The number of aromatic nitrogens is 2. The van der Waals surface area contributed by atoms with E-state index in [-0.39, 0.29) is 18.6 Å². The van der Waals surface area contributed by atoms with Crippen LogP contribution in [0.5, 0.6) is 0 Å². The summed E-state index contributed by atoms with van der Waals surface area (Å²) in [5, 5.41) is 13.5. The van der Waals surface area contributed by atoms with E-state index in [1.807, 2.05) is 18.3 Å². The summed E-state index contributed by atoms with van der Waals surface area (Å²) in [6.45, 7) is 0.123. The Morgan fingerprint density at radius 3 is 3.00 bits per heavy atom. The normalized spacial score (nSPS) is 17.3. The van der Waals surface area contributed by atoms with Crippen molar-refractivity contribution in [1.29, 1.82) is 0 Å². The predicted octanol–water partition coefficient (Wildman–Crippen LogP) is 2.55. The number of amides is 1. The van der Waals surface area contributed by atoms with E-state index in [0.29, 0.717) is 18.8 Å². The smallest absolute Gasteiger partial charge is 0.224 e. The molecule has 1 unspecified atom stereocenters. The lowest BCUT2D eigenvalue weighted by Crippen LogP contribution is -2.42. The zero-order valence-electron chi connectivity index (χ0n) is 13.4. The molecule has 124 valence electrons. The Morgan fingerprint density at radius 2 is 2.22 bits per heavy atom. The van der Waals surface area contributed by atoms with Crippen LogP contribution in [0.1, 0.15) is 44.1 Å². The summed E-state index contributed by atoms with van der Waals surface area (Å²) in [5.41, 5.74) is 1.78. The average Bonchev–Trinajstić information content (AvgIpc) is 2.98. The summed E-state index contributed by atoms with van der Waals surface area (Å²) < 4.78 is 0. The summed E-state index contributed by atoms with van der Waals surface area (Å²) in [5.74, 6) is 0.531. The maximum atomic E-state index is 12.5. The fourth-order valence-electron chi connectivity index (χ4n) is 3.69. The van der Waals surface area contributed by atoms with Gasteiger partial charge in [0.2, 0.25) is 5.91 Å². The maximum absolute atomic E-state index is 12.5.